The van der Waals surface area contributed by atoms with Gasteiger partial charge in [0.25, 0.3) is 11.5 Å². The first kappa shape index (κ1) is 21.0. The number of carbonyl (C=O) groups excluding carboxylic acids is 1. The Kier molecular flexibility index (Phi) is 6.12. The third-order valence-electron chi connectivity index (χ3n) is 4.95. The number of anilines is 1. The molecule has 1 N–H and O–H groups in total. The van der Waals surface area contributed by atoms with Crippen molar-refractivity contribution in [3.8, 4) is 11.5 Å². The van der Waals surface area contributed by atoms with Crippen LogP contribution in [0, 0.1) is 0 Å². The minimum Gasteiger partial charge on any atom is -0.493 e. The minimum absolute atomic E-state index is 0.178. The van der Waals surface area contributed by atoms with Gasteiger partial charge in [-0.2, -0.15) is 5.10 Å². The van der Waals surface area contributed by atoms with E-state index in [0.717, 1.165) is 5.56 Å². The van der Waals surface area contributed by atoms with Gasteiger partial charge in [0, 0.05) is 36.1 Å². The molecule has 0 aliphatic rings. The van der Waals surface area contributed by atoms with Gasteiger partial charge in [-0.3, -0.25) is 14.6 Å². The molecule has 32 heavy (non-hydrogen) atoms. The van der Waals surface area contributed by atoms with Crippen molar-refractivity contribution in [1.29, 1.82) is 0 Å². The van der Waals surface area contributed by atoms with E-state index < -0.39 is 5.91 Å². The summed E-state index contributed by atoms with van der Waals surface area (Å²) in [6.07, 6.45) is 3.39. The van der Waals surface area contributed by atoms with E-state index in [0.29, 0.717) is 41.1 Å². The minimum atomic E-state index is -0.423. The van der Waals surface area contributed by atoms with E-state index in [2.05, 4.69) is 15.4 Å². The topological polar surface area (TPSA) is 95.3 Å². The van der Waals surface area contributed by atoms with Crippen molar-refractivity contribution in [2.75, 3.05) is 12.4 Å². The average Bonchev–Trinajstić information content (AvgIpc) is 2.84. The van der Waals surface area contributed by atoms with Crippen molar-refractivity contribution in [1.82, 2.24) is 14.8 Å². The predicted molar refractivity (Wildman–Crippen MR) is 121 cm³/mol. The van der Waals surface area contributed by atoms with Gasteiger partial charge >= 0.3 is 0 Å². The molecule has 0 bridgehead atoms. The molecule has 2 heterocycles. The maximum absolute atomic E-state index is 13.1. The highest BCUT2D eigenvalue weighted by atomic mass is 16.5. The van der Waals surface area contributed by atoms with E-state index in [4.69, 9.17) is 9.47 Å². The molecule has 0 atom stereocenters. The Labute approximate surface area is 184 Å². The van der Waals surface area contributed by atoms with Crippen LogP contribution >= 0.6 is 0 Å². The van der Waals surface area contributed by atoms with Crippen LogP contribution in [0.2, 0.25) is 0 Å². The highest BCUT2D eigenvalue weighted by molar-refractivity contribution is 6.11. The van der Waals surface area contributed by atoms with Gasteiger partial charge in [0.05, 0.1) is 12.5 Å². The lowest BCUT2D eigenvalue weighted by atomic mass is 10.1. The summed E-state index contributed by atoms with van der Waals surface area (Å²) in [4.78, 5) is 29.6. The van der Waals surface area contributed by atoms with Crippen LogP contribution in [-0.2, 0) is 13.2 Å². The molecule has 0 spiro atoms. The van der Waals surface area contributed by atoms with Gasteiger partial charge in [-0.05, 0) is 42.8 Å². The first-order valence-corrected chi connectivity index (χ1v) is 10.1. The standard InChI is InChI=1S/C24H22N4O4/c1-3-28-24(30)19-7-5-4-6-18(19)22(27-28)23(29)26-17-8-9-20(31-2)21(14-17)32-15-16-10-12-25-13-11-16/h4-14H,3,15H2,1-2H3,(H,26,29). The van der Waals surface area contributed by atoms with Crippen molar-refractivity contribution in [2.45, 2.75) is 20.1 Å². The van der Waals surface area contributed by atoms with E-state index in [1.165, 1.54) is 4.68 Å². The summed E-state index contributed by atoms with van der Waals surface area (Å²) in [5, 5.41) is 8.08. The number of hydrogen-bond donors (Lipinski definition) is 1. The van der Waals surface area contributed by atoms with Gasteiger partial charge in [-0.25, -0.2) is 4.68 Å². The fourth-order valence-corrected chi connectivity index (χ4v) is 3.31. The van der Waals surface area contributed by atoms with Crippen LogP contribution in [0.5, 0.6) is 11.5 Å². The smallest absolute Gasteiger partial charge is 0.276 e. The quantitative estimate of drug-likeness (QED) is 0.481. The summed E-state index contributed by atoms with van der Waals surface area (Å²) in [6.45, 7) is 2.49. The van der Waals surface area contributed by atoms with E-state index in [9.17, 15) is 9.59 Å². The maximum atomic E-state index is 13.1. The zero-order valence-corrected chi connectivity index (χ0v) is 17.7. The molecule has 8 nitrogen and oxygen atoms in total. The zero-order valence-electron chi connectivity index (χ0n) is 17.7. The number of benzene rings is 2. The van der Waals surface area contributed by atoms with Crippen LogP contribution in [0.1, 0.15) is 23.0 Å². The lowest BCUT2D eigenvalue weighted by Crippen LogP contribution is -2.27. The summed E-state index contributed by atoms with van der Waals surface area (Å²) in [5.74, 6) is 0.604. The Bertz CT molecular complexity index is 1320. The lowest BCUT2D eigenvalue weighted by Gasteiger charge is -2.14. The number of fused-ring (bicyclic) bond motifs is 1. The number of aromatic nitrogens is 3. The van der Waals surface area contributed by atoms with Crippen molar-refractivity contribution in [2.24, 2.45) is 0 Å². The molecule has 0 aliphatic carbocycles. The lowest BCUT2D eigenvalue weighted by molar-refractivity contribution is 0.102. The van der Waals surface area contributed by atoms with E-state index in [-0.39, 0.29) is 11.3 Å². The van der Waals surface area contributed by atoms with Crippen molar-refractivity contribution in [3.63, 3.8) is 0 Å². The second kappa shape index (κ2) is 9.30. The molecule has 2 aromatic heterocycles. The Hall–Kier alpha value is -4.20. The summed E-state index contributed by atoms with van der Waals surface area (Å²) in [7, 11) is 1.55. The molecule has 4 aromatic rings. The van der Waals surface area contributed by atoms with Crippen molar-refractivity contribution >= 4 is 22.4 Å². The van der Waals surface area contributed by atoms with Gasteiger partial charge in [0.1, 0.15) is 6.61 Å². The molecule has 0 saturated heterocycles. The van der Waals surface area contributed by atoms with E-state index in [1.807, 2.05) is 12.1 Å². The number of nitrogens with one attached hydrogen (secondary N) is 1. The second-order valence-corrected chi connectivity index (χ2v) is 6.98. The summed E-state index contributed by atoms with van der Waals surface area (Å²) in [5.41, 5.74) is 1.42. The van der Waals surface area contributed by atoms with Crippen LogP contribution in [0.4, 0.5) is 5.69 Å². The maximum Gasteiger partial charge on any atom is 0.276 e. The number of hydrogen-bond acceptors (Lipinski definition) is 6. The number of rotatable bonds is 7. The van der Waals surface area contributed by atoms with Crippen LogP contribution in [0.3, 0.4) is 0 Å². The molecule has 0 aliphatic heterocycles. The third kappa shape index (κ3) is 4.29. The van der Waals surface area contributed by atoms with Gasteiger partial charge in [0.2, 0.25) is 0 Å². The van der Waals surface area contributed by atoms with Gasteiger partial charge in [-0.15, -0.1) is 0 Å². The molecular formula is C24H22N4O4. The summed E-state index contributed by atoms with van der Waals surface area (Å²) < 4.78 is 12.6. The van der Waals surface area contributed by atoms with Crippen molar-refractivity contribution in [3.05, 3.63) is 88.6 Å². The van der Waals surface area contributed by atoms with E-state index >= 15 is 0 Å². The molecule has 4 rings (SSSR count). The second-order valence-electron chi connectivity index (χ2n) is 6.98. The van der Waals surface area contributed by atoms with Crippen LogP contribution in [0.25, 0.3) is 10.8 Å². The number of amides is 1. The summed E-state index contributed by atoms with van der Waals surface area (Å²) >= 11 is 0. The predicted octanol–water partition coefficient (Wildman–Crippen LogP) is 3.65. The van der Waals surface area contributed by atoms with Crippen molar-refractivity contribution < 1.29 is 14.3 Å². The molecule has 0 fully saturated rings. The monoisotopic (exact) mass is 430 g/mol. The van der Waals surface area contributed by atoms with Gasteiger partial charge in [0.15, 0.2) is 17.2 Å². The van der Waals surface area contributed by atoms with Crippen LogP contribution in [-0.4, -0.2) is 27.8 Å². The Morgan fingerprint density at radius 1 is 1.03 bits per heavy atom. The Morgan fingerprint density at radius 3 is 2.50 bits per heavy atom. The first-order chi connectivity index (χ1) is 15.6. The Balaban J connectivity index is 1.62. The number of nitrogens with zero attached hydrogens (tertiary/aromatic N) is 3. The zero-order chi connectivity index (χ0) is 22.5. The number of carbonyl (C=O) groups is 1. The van der Waals surface area contributed by atoms with Crippen LogP contribution < -0.4 is 20.3 Å². The van der Waals surface area contributed by atoms with Gasteiger partial charge in [-0.1, -0.05) is 18.2 Å². The fourth-order valence-electron chi connectivity index (χ4n) is 3.31. The molecule has 0 saturated carbocycles. The number of pyridine rings is 1. The number of methoxy groups -OCH3 is 1. The Morgan fingerprint density at radius 2 is 1.78 bits per heavy atom. The third-order valence-corrected chi connectivity index (χ3v) is 4.95. The average molecular weight is 430 g/mol. The highest BCUT2D eigenvalue weighted by Crippen LogP contribution is 2.31. The highest BCUT2D eigenvalue weighted by Gasteiger charge is 2.17. The fraction of sp³-hybridized carbons (Fsp3) is 0.167. The number of ether oxygens (including phenoxy) is 2. The molecule has 0 unspecified atom stereocenters. The first-order valence-electron chi connectivity index (χ1n) is 10.1. The molecule has 2 aromatic carbocycles. The normalized spacial score (nSPS) is 10.7. The summed E-state index contributed by atoms with van der Waals surface area (Å²) in [6, 6.07) is 15.8. The van der Waals surface area contributed by atoms with Crippen LogP contribution in [0.15, 0.2) is 71.8 Å². The molecule has 1 amide bonds. The molecular weight excluding hydrogens is 408 g/mol. The molecule has 8 heteroatoms. The molecule has 162 valence electrons. The largest absolute Gasteiger partial charge is 0.493 e. The molecule has 0 radical (unpaired) electrons. The van der Waals surface area contributed by atoms with Gasteiger partial charge < -0.3 is 14.8 Å². The van der Waals surface area contributed by atoms with E-state index in [1.54, 1.807) is 68.9 Å². The SMILES string of the molecule is CCn1nc(C(=O)Nc2ccc(OC)c(OCc3ccncc3)c2)c2ccccc2c1=O. The number of aryl methyl sites for hydroxylation is 1.